The quantitative estimate of drug-likeness (QED) is 0.806. The molecular weight excluding hydrogens is 334 g/mol. The molecule has 0 bridgehead atoms. The van der Waals surface area contributed by atoms with Gasteiger partial charge in [-0.3, -0.25) is 4.79 Å². The van der Waals surface area contributed by atoms with Gasteiger partial charge < -0.3 is 9.64 Å². The van der Waals surface area contributed by atoms with Gasteiger partial charge in [0, 0.05) is 12.1 Å². The summed E-state index contributed by atoms with van der Waals surface area (Å²) < 4.78 is 5.90. The number of hydrogen-bond donors (Lipinski definition) is 0. The van der Waals surface area contributed by atoms with E-state index in [0.717, 1.165) is 30.4 Å². The fraction of sp³-hybridized carbons (Fsp3) is 0.292. The Bertz CT molecular complexity index is 839. The molecule has 0 aromatic heterocycles. The summed E-state index contributed by atoms with van der Waals surface area (Å²) in [5, 5.41) is 0. The van der Waals surface area contributed by atoms with Crippen LogP contribution in [0, 0.1) is 0 Å². The van der Waals surface area contributed by atoms with E-state index in [2.05, 4.69) is 48.6 Å². The Labute approximate surface area is 161 Å². The van der Waals surface area contributed by atoms with Crippen molar-refractivity contribution in [1.82, 2.24) is 4.90 Å². The molecule has 1 atom stereocenters. The van der Waals surface area contributed by atoms with Gasteiger partial charge >= 0.3 is 0 Å². The highest BCUT2D eigenvalue weighted by atomic mass is 16.5. The second-order valence-electron chi connectivity index (χ2n) is 7.18. The van der Waals surface area contributed by atoms with Crippen LogP contribution in [-0.4, -0.2) is 30.5 Å². The molecule has 4 rings (SSSR count). The normalized spacial score (nSPS) is 20.0. The van der Waals surface area contributed by atoms with E-state index in [4.69, 9.17) is 4.74 Å². The third kappa shape index (κ3) is 4.37. The number of rotatable bonds is 4. The van der Waals surface area contributed by atoms with Crippen molar-refractivity contribution in [2.24, 2.45) is 0 Å². The van der Waals surface area contributed by atoms with E-state index in [1.807, 2.05) is 29.2 Å². The van der Waals surface area contributed by atoms with Crippen molar-refractivity contribution >= 4 is 5.91 Å². The zero-order valence-corrected chi connectivity index (χ0v) is 15.5. The molecule has 2 aromatic rings. The standard InChI is InChI=1S/C24H25NO2/c26-24(25-14-15-27-23(18-25)21-11-5-2-6-12-21)22-13-7-10-20(17-22)16-19-8-3-1-4-9-19/h1-6,8-9,11-13,17,23H,7,10,14-16,18H2. The van der Waals surface area contributed by atoms with E-state index in [1.165, 1.54) is 11.1 Å². The largest absolute Gasteiger partial charge is 0.370 e. The van der Waals surface area contributed by atoms with Gasteiger partial charge in [-0.15, -0.1) is 0 Å². The summed E-state index contributed by atoms with van der Waals surface area (Å²) in [6, 6.07) is 20.6. The van der Waals surface area contributed by atoms with E-state index in [9.17, 15) is 4.79 Å². The predicted octanol–water partition coefficient (Wildman–Crippen LogP) is 4.48. The third-order valence-corrected chi connectivity index (χ3v) is 5.24. The molecular formula is C24H25NO2. The number of ether oxygens (including phenoxy) is 1. The Morgan fingerprint density at radius 1 is 1.04 bits per heavy atom. The molecule has 1 aliphatic heterocycles. The van der Waals surface area contributed by atoms with Crippen molar-refractivity contribution in [1.29, 1.82) is 0 Å². The molecule has 3 nitrogen and oxygen atoms in total. The molecule has 1 aliphatic carbocycles. The molecule has 2 aromatic carbocycles. The van der Waals surface area contributed by atoms with Crippen molar-refractivity contribution in [3.63, 3.8) is 0 Å². The first-order valence-electron chi connectivity index (χ1n) is 9.69. The third-order valence-electron chi connectivity index (χ3n) is 5.24. The van der Waals surface area contributed by atoms with Gasteiger partial charge in [0.25, 0.3) is 5.91 Å². The highest BCUT2D eigenvalue weighted by Gasteiger charge is 2.27. The summed E-state index contributed by atoms with van der Waals surface area (Å²) in [6.45, 7) is 1.85. The molecule has 3 heteroatoms. The van der Waals surface area contributed by atoms with Crippen LogP contribution in [0.2, 0.25) is 0 Å². The molecule has 0 saturated carbocycles. The van der Waals surface area contributed by atoms with Gasteiger partial charge in [-0.1, -0.05) is 78.4 Å². The molecule has 0 N–H and O–H groups in total. The van der Waals surface area contributed by atoms with E-state index >= 15 is 0 Å². The number of allylic oxidation sites excluding steroid dienone is 2. The fourth-order valence-corrected chi connectivity index (χ4v) is 3.80. The summed E-state index contributed by atoms with van der Waals surface area (Å²) in [5.41, 5.74) is 4.60. The number of carbonyl (C=O) groups is 1. The first-order chi connectivity index (χ1) is 13.3. The monoisotopic (exact) mass is 359 g/mol. The van der Waals surface area contributed by atoms with Crippen LogP contribution in [-0.2, 0) is 16.0 Å². The first kappa shape index (κ1) is 17.7. The van der Waals surface area contributed by atoms with Gasteiger partial charge in [0.05, 0.1) is 13.2 Å². The lowest BCUT2D eigenvalue weighted by atomic mass is 9.93. The summed E-state index contributed by atoms with van der Waals surface area (Å²) in [4.78, 5) is 15.0. The second kappa shape index (κ2) is 8.36. The van der Waals surface area contributed by atoms with Crippen LogP contribution in [0.15, 0.2) is 84.0 Å². The van der Waals surface area contributed by atoms with Crippen LogP contribution < -0.4 is 0 Å². The lowest BCUT2D eigenvalue weighted by molar-refractivity contribution is -0.134. The average Bonchev–Trinajstić information content (AvgIpc) is 2.75. The number of hydrogen-bond acceptors (Lipinski definition) is 2. The van der Waals surface area contributed by atoms with Crippen LogP contribution in [0.25, 0.3) is 0 Å². The fourth-order valence-electron chi connectivity index (χ4n) is 3.80. The molecule has 0 radical (unpaired) electrons. The van der Waals surface area contributed by atoms with Crippen LogP contribution in [0.5, 0.6) is 0 Å². The molecule has 138 valence electrons. The van der Waals surface area contributed by atoms with Crippen molar-refractivity contribution in [3.05, 3.63) is 95.1 Å². The van der Waals surface area contributed by atoms with Gasteiger partial charge in [-0.25, -0.2) is 0 Å². The van der Waals surface area contributed by atoms with Gasteiger partial charge in [-0.2, -0.15) is 0 Å². The van der Waals surface area contributed by atoms with Crippen molar-refractivity contribution in [2.45, 2.75) is 25.4 Å². The van der Waals surface area contributed by atoms with Crippen LogP contribution >= 0.6 is 0 Å². The molecule has 1 amide bonds. The predicted molar refractivity (Wildman–Crippen MR) is 107 cm³/mol. The van der Waals surface area contributed by atoms with E-state index in [-0.39, 0.29) is 12.0 Å². The Hall–Kier alpha value is -2.65. The highest BCUT2D eigenvalue weighted by Crippen LogP contribution is 2.26. The average molecular weight is 359 g/mol. The van der Waals surface area contributed by atoms with Crippen LogP contribution in [0.1, 0.15) is 30.1 Å². The maximum Gasteiger partial charge on any atom is 0.253 e. The van der Waals surface area contributed by atoms with Gasteiger partial charge in [0.2, 0.25) is 0 Å². The zero-order valence-electron chi connectivity index (χ0n) is 15.5. The Kier molecular flexibility index (Phi) is 5.50. The second-order valence-corrected chi connectivity index (χ2v) is 7.18. The van der Waals surface area contributed by atoms with Crippen molar-refractivity contribution < 1.29 is 9.53 Å². The molecule has 1 saturated heterocycles. The number of morpholine rings is 1. The molecule has 0 spiro atoms. The van der Waals surface area contributed by atoms with Gasteiger partial charge in [0.15, 0.2) is 0 Å². The van der Waals surface area contributed by atoms with Gasteiger partial charge in [-0.05, 0) is 30.4 Å². The lowest BCUT2D eigenvalue weighted by Crippen LogP contribution is -2.42. The minimum Gasteiger partial charge on any atom is -0.370 e. The SMILES string of the molecule is O=C(C1=CCCC(Cc2ccccc2)=C1)N1CCOC(c2ccccc2)C1. The van der Waals surface area contributed by atoms with Gasteiger partial charge in [0.1, 0.15) is 6.10 Å². The molecule has 27 heavy (non-hydrogen) atoms. The smallest absolute Gasteiger partial charge is 0.253 e. The van der Waals surface area contributed by atoms with Crippen LogP contribution in [0.4, 0.5) is 0 Å². The number of benzene rings is 2. The minimum atomic E-state index is -0.0409. The minimum absolute atomic E-state index is 0.0409. The van der Waals surface area contributed by atoms with E-state index in [0.29, 0.717) is 19.7 Å². The molecule has 2 aliphatic rings. The lowest BCUT2D eigenvalue weighted by Gasteiger charge is -2.34. The van der Waals surface area contributed by atoms with E-state index in [1.54, 1.807) is 0 Å². The Morgan fingerprint density at radius 3 is 2.56 bits per heavy atom. The summed E-state index contributed by atoms with van der Waals surface area (Å²) in [5.74, 6) is 0.129. The number of carbonyl (C=O) groups excluding carboxylic acids is 1. The maximum atomic E-state index is 13.1. The zero-order chi connectivity index (χ0) is 18.5. The summed E-state index contributed by atoms with van der Waals surface area (Å²) in [6.07, 6.45) is 7.03. The maximum absolute atomic E-state index is 13.1. The molecule has 1 heterocycles. The topological polar surface area (TPSA) is 29.5 Å². The first-order valence-corrected chi connectivity index (χ1v) is 9.69. The highest BCUT2D eigenvalue weighted by molar-refractivity contribution is 5.96. The van der Waals surface area contributed by atoms with Crippen molar-refractivity contribution in [2.75, 3.05) is 19.7 Å². The summed E-state index contributed by atoms with van der Waals surface area (Å²) in [7, 11) is 0. The number of nitrogens with zero attached hydrogens (tertiary/aromatic N) is 1. The molecule has 1 unspecified atom stereocenters. The van der Waals surface area contributed by atoms with Crippen LogP contribution in [0.3, 0.4) is 0 Å². The molecule has 1 fully saturated rings. The van der Waals surface area contributed by atoms with E-state index < -0.39 is 0 Å². The Balaban J connectivity index is 1.44. The Morgan fingerprint density at radius 2 is 1.78 bits per heavy atom. The number of amides is 1. The van der Waals surface area contributed by atoms with Crippen molar-refractivity contribution in [3.8, 4) is 0 Å². The summed E-state index contributed by atoms with van der Waals surface area (Å²) >= 11 is 0.